The van der Waals surface area contributed by atoms with Crippen molar-refractivity contribution in [1.29, 1.82) is 0 Å². The third-order valence-electron chi connectivity index (χ3n) is 2.99. The first-order chi connectivity index (χ1) is 7.36. The van der Waals surface area contributed by atoms with Crippen molar-refractivity contribution in [2.45, 2.75) is 39.5 Å². The van der Waals surface area contributed by atoms with Gasteiger partial charge >= 0.3 is 0 Å². The molecule has 15 heavy (non-hydrogen) atoms. The lowest BCUT2D eigenvalue weighted by molar-refractivity contribution is 0.276. The van der Waals surface area contributed by atoms with Crippen LogP contribution in [0.3, 0.4) is 0 Å². The van der Waals surface area contributed by atoms with E-state index in [0.29, 0.717) is 0 Å². The first kappa shape index (κ1) is 12.7. The van der Waals surface area contributed by atoms with Gasteiger partial charge in [0, 0.05) is 13.1 Å². The van der Waals surface area contributed by atoms with Gasteiger partial charge in [0.15, 0.2) is 0 Å². The van der Waals surface area contributed by atoms with Gasteiger partial charge in [0.05, 0.1) is 0 Å². The number of hydrogen-bond donors (Lipinski definition) is 1. The van der Waals surface area contributed by atoms with E-state index in [0.717, 1.165) is 6.54 Å². The topological polar surface area (TPSA) is 15.3 Å². The molecule has 0 spiro atoms. The maximum Gasteiger partial charge on any atom is 0.0137 e. The Morgan fingerprint density at radius 3 is 2.47 bits per heavy atom. The molecule has 0 aromatic carbocycles. The van der Waals surface area contributed by atoms with Crippen LogP contribution in [0.5, 0.6) is 0 Å². The standard InChI is InChI=1S/C13H26N2/c1-3-10-15(11-4-2)12-7-13-5-8-14-9-6-13/h5,14H,3-4,6-12H2,1-2H3. The molecule has 1 aliphatic heterocycles. The van der Waals surface area contributed by atoms with E-state index in [9.17, 15) is 0 Å². The molecule has 2 nitrogen and oxygen atoms in total. The minimum atomic E-state index is 1.08. The summed E-state index contributed by atoms with van der Waals surface area (Å²) in [6.07, 6.45) is 7.47. The van der Waals surface area contributed by atoms with Crippen LogP contribution in [0, 0.1) is 0 Å². The minimum absolute atomic E-state index is 1.08. The highest BCUT2D eigenvalue weighted by Crippen LogP contribution is 2.10. The van der Waals surface area contributed by atoms with E-state index in [1.54, 1.807) is 5.57 Å². The Bertz CT molecular complexity index is 181. The maximum absolute atomic E-state index is 3.36. The highest BCUT2D eigenvalue weighted by atomic mass is 15.1. The van der Waals surface area contributed by atoms with Crippen molar-refractivity contribution in [1.82, 2.24) is 10.2 Å². The third-order valence-corrected chi connectivity index (χ3v) is 2.99. The second-order valence-corrected chi connectivity index (χ2v) is 4.41. The van der Waals surface area contributed by atoms with E-state index in [-0.39, 0.29) is 0 Å². The molecule has 1 heterocycles. The van der Waals surface area contributed by atoms with Crippen LogP contribution in [0.2, 0.25) is 0 Å². The van der Waals surface area contributed by atoms with E-state index in [2.05, 4.69) is 30.1 Å². The van der Waals surface area contributed by atoms with Crippen molar-refractivity contribution in [3.05, 3.63) is 11.6 Å². The lowest BCUT2D eigenvalue weighted by Crippen LogP contribution is -2.28. The van der Waals surface area contributed by atoms with Crippen molar-refractivity contribution in [2.75, 3.05) is 32.7 Å². The molecule has 0 aromatic heterocycles. The SMILES string of the molecule is CCCN(CCC)CCC1=CCNCC1. The van der Waals surface area contributed by atoms with Gasteiger partial charge in [-0.3, -0.25) is 0 Å². The van der Waals surface area contributed by atoms with Crippen LogP contribution in [0.4, 0.5) is 0 Å². The average molecular weight is 210 g/mol. The molecule has 0 amide bonds. The fourth-order valence-electron chi connectivity index (χ4n) is 2.17. The molecule has 2 heteroatoms. The van der Waals surface area contributed by atoms with E-state index >= 15 is 0 Å². The zero-order valence-electron chi connectivity index (χ0n) is 10.4. The lowest BCUT2D eigenvalue weighted by Gasteiger charge is -2.22. The van der Waals surface area contributed by atoms with Gasteiger partial charge in [-0.1, -0.05) is 25.5 Å². The number of nitrogens with zero attached hydrogens (tertiary/aromatic N) is 1. The predicted octanol–water partition coefficient (Wildman–Crippen LogP) is 2.42. The lowest BCUT2D eigenvalue weighted by atomic mass is 10.1. The molecule has 0 atom stereocenters. The van der Waals surface area contributed by atoms with Crippen molar-refractivity contribution < 1.29 is 0 Å². The molecule has 0 fully saturated rings. The molecule has 0 radical (unpaired) electrons. The zero-order valence-corrected chi connectivity index (χ0v) is 10.4. The summed E-state index contributed by atoms with van der Waals surface area (Å²) in [5.74, 6) is 0. The van der Waals surface area contributed by atoms with E-state index in [1.807, 2.05) is 0 Å². The van der Waals surface area contributed by atoms with Gasteiger partial charge in [0.2, 0.25) is 0 Å². The number of hydrogen-bond acceptors (Lipinski definition) is 2. The van der Waals surface area contributed by atoms with Crippen LogP contribution in [0.15, 0.2) is 11.6 Å². The Kier molecular flexibility index (Phi) is 6.69. The fraction of sp³-hybridized carbons (Fsp3) is 0.846. The molecule has 88 valence electrons. The molecule has 0 aromatic rings. The summed E-state index contributed by atoms with van der Waals surface area (Å²) in [6.45, 7) is 10.6. The minimum Gasteiger partial charge on any atom is -0.313 e. The van der Waals surface area contributed by atoms with Gasteiger partial charge in [0.1, 0.15) is 0 Å². The smallest absolute Gasteiger partial charge is 0.0137 e. The normalized spacial score (nSPS) is 16.9. The average Bonchev–Trinajstić information content (AvgIpc) is 2.28. The Balaban J connectivity index is 2.22. The molecular formula is C13H26N2. The Morgan fingerprint density at radius 2 is 1.93 bits per heavy atom. The number of rotatable bonds is 7. The van der Waals surface area contributed by atoms with Gasteiger partial charge < -0.3 is 10.2 Å². The van der Waals surface area contributed by atoms with Crippen LogP contribution in [0.1, 0.15) is 39.5 Å². The highest BCUT2D eigenvalue weighted by molar-refractivity contribution is 5.06. The van der Waals surface area contributed by atoms with Crippen LogP contribution in [0.25, 0.3) is 0 Å². The van der Waals surface area contributed by atoms with Crippen LogP contribution in [-0.2, 0) is 0 Å². The predicted molar refractivity (Wildman–Crippen MR) is 67.2 cm³/mol. The van der Waals surface area contributed by atoms with Crippen molar-refractivity contribution in [3.63, 3.8) is 0 Å². The molecule has 0 unspecified atom stereocenters. The molecule has 1 rings (SSSR count). The van der Waals surface area contributed by atoms with E-state index < -0.39 is 0 Å². The van der Waals surface area contributed by atoms with Gasteiger partial charge in [0.25, 0.3) is 0 Å². The molecule has 1 aliphatic rings. The van der Waals surface area contributed by atoms with Crippen LogP contribution >= 0.6 is 0 Å². The quantitative estimate of drug-likeness (QED) is 0.649. The molecule has 0 saturated carbocycles. The fourth-order valence-corrected chi connectivity index (χ4v) is 2.17. The van der Waals surface area contributed by atoms with Gasteiger partial charge in [-0.15, -0.1) is 0 Å². The largest absolute Gasteiger partial charge is 0.313 e. The summed E-state index contributed by atoms with van der Waals surface area (Å²) >= 11 is 0. The molecule has 0 aliphatic carbocycles. The second-order valence-electron chi connectivity index (χ2n) is 4.41. The van der Waals surface area contributed by atoms with E-state index in [4.69, 9.17) is 0 Å². The third kappa shape index (κ3) is 5.33. The Morgan fingerprint density at radius 1 is 1.20 bits per heavy atom. The number of nitrogens with one attached hydrogen (secondary N) is 1. The monoisotopic (exact) mass is 210 g/mol. The van der Waals surface area contributed by atoms with Crippen LogP contribution in [-0.4, -0.2) is 37.6 Å². The van der Waals surface area contributed by atoms with Gasteiger partial charge in [-0.2, -0.15) is 0 Å². The summed E-state index contributed by atoms with van der Waals surface area (Å²) < 4.78 is 0. The summed E-state index contributed by atoms with van der Waals surface area (Å²) in [4.78, 5) is 2.60. The van der Waals surface area contributed by atoms with Crippen molar-refractivity contribution >= 4 is 0 Å². The van der Waals surface area contributed by atoms with Crippen molar-refractivity contribution in [2.24, 2.45) is 0 Å². The molecular weight excluding hydrogens is 184 g/mol. The molecule has 1 N–H and O–H groups in total. The summed E-state index contributed by atoms with van der Waals surface area (Å²) in [7, 11) is 0. The summed E-state index contributed by atoms with van der Waals surface area (Å²) in [5.41, 5.74) is 1.66. The van der Waals surface area contributed by atoms with Gasteiger partial charge in [-0.05, 0) is 45.3 Å². The Hall–Kier alpha value is -0.340. The highest BCUT2D eigenvalue weighted by Gasteiger charge is 2.06. The first-order valence-electron chi connectivity index (χ1n) is 6.47. The van der Waals surface area contributed by atoms with Crippen molar-refractivity contribution in [3.8, 4) is 0 Å². The van der Waals surface area contributed by atoms with E-state index in [1.165, 1.54) is 51.9 Å². The van der Waals surface area contributed by atoms with Gasteiger partial charge in [-0.25, -0.2) is 0 Å². The molecule has 0 saturated heterocycles. The first-order valence-corrected chi connectivity index (χ1v) is 6.47. The molecule has 0 bridgehead atoms. The second kappa shape index (κ2) is 7.89. The zero-order chi connectivity index (χ0) is 10.9. The van der Waals surface area contributed by atoms with Crippen LogP contribution < -0.4 is 5.32 Å². The summed E-state index contributed by atoms with van der Waals surface area (Å²) in [6, 6.07) is 0. The maximum atomic E-state index is 3.36. The Labute approximate surface area is 94.7 Å². The summed E-state index contributed by atoms with van der Waals surface area (Å²) in [5, 5.41) is 3.36.